The van der Waals surface area contributed by atoms with Crippen molar-refractivity contribution in [1.29, 1.82) is 0 Å². The van der Waals surface area contributed by atoms with Crippen LogP contribution in [0.15, 0.2) is 48.5 Å². The van der Waals surface area contributed by atoms with Gasteiger partial charge in [0.1, 0.15) is 0 Å². The topological polar surface area (TPSA) is 113 Å². The molecule has 124 valence electrons. The molecule has 0 fully saturated rings. The van der Waals surface area contributed by atoms with E-state index in [-0.39, 0.29) is 6.54 Å². The number of nitrogens with two attached hydrogens (primary N) is 1. The van der Waals surface area contributed by atoms with E-state index >= 15 is 0 Å². The fourth-order valence-corrected chi connectivity index (χ4v) is 2.14. The first-order valence-corrected chi connectivity index (χ1v) is 7.32. The Kier molecular flexibility index (Phi) is 5.75. The summed E-state index contributed by atoms with van der Waals surface area (Å²) in [5.74, 6) is -0.869. The summed E-state index contributed by atoms with van der Waals surface area (Å²) >= 11 is 5.92. The van der Waals surface area contributed by atoms with Crippen molar-refractivity contribution in [3.8, 4) is 0 Å². The van der Waals surface area contributed by atoms with Crippen molar-refractivity contribution < 1.29 is 14.4 Å². The van der Waals surface area contributed by atoms with Crippen LogP contribution in [0.4, 0.5) is 16.2 Å². The van der Waals surface area contributed by atoms with Gasteiger partial charge in [-0.25, -0.2) is 4.79 Å². The van der Waals surface area contributed by atoms with E-state index in [1.54, 1.807) is 48.5 Å². The van der Waals surface area contributed by atoms with Crippen molar-refractivity contribution in [3.63, 3.8) is 0 Å². The first-order chi connectivity index (χ1) is 11.5. The fraction of sp³-hybridized carbons (Fsp3) is 0.0625. The Hall–Kier alpha value is -3.06. The summed E-state index contributed by atoms with van der Waals surface area (Å²) < 4.78 is 0. The monoisotopic (exact) mass is 346 g/mol. The number of urea groups is 1. The molecular weight excluding hydrogens is 332 g/mol. The zero-order chi connectivity index (χ0) is 17.5. The second kappa shape index (κ2) is 7.98. The van der Waals surface area contributed by atoms with Gasteiger partial charge in [-0.15, -0.1) is 0 Å². The van der Waals surface area contributed by atoms with Gasteiger partial charge in [0.05, 0.1) is 17.1 Å². The lowest BCUT2D eigenvalue weighted by Gasteiger charge is -2.09. The number of primary amides is 1. The number of hydrogen-bond acceptors (Lipinski definition) is 3. The van der Waals surface area contributed by atoms with E-state index in [0.29, 0.717) is 22.0 Å². The Morgan fingerprint density at radius 2 is 1.62 bits per heavy atom. The molecule has 2 aromatic carbocycles. The lowest BCUT2D eigenvalue weighted by atomic mass is 10.2. The van der Waals surface area contributed by atoms with Crippen molar-refractivity contribution in [2.24, 2.45) is 5.73 Å². The van der Waals surface area contributed by atoms with E-state index in [1.807, 2.05) is 0 Å². The van der Waals surface area contributed by atoms with Crippen molar-refractivity contribution >= 4 is 40.8 Å². The Labute approximate surface area is 143 Å². The van der Waals surface area contributed by atoms with Crippen LogP contribution in [-0.4, -0.2) is 24.4 Å². The number of hydrogen-bond donors (Lipinski definition) is 4. The third kappa shape index (κ3) is 4.99. The van der Waals surface area contributed by atoms with E-state index in [1.165, 1.54) is 0 Å². The molecule has 0 aliphatic carbocycles. The molecule has 2 rings (SSSR count). The van der Waals surface area contributed by atoms with Gasteiger partial charge in [0.2, 0.25) is 5.91 Å². The van der Waals surface area contributed by atoms with E-state index in [9.17, 15) is 14.4 Å². The van der Waals surface area contributed by atoms with Crippen LogP contribution in [0.25, 0.3) is 0 Å². The average Bonchev–Trinajstić information content (AvgIpc) is 2.53. The van der Waals surface area contributed by atoms with Crippen LogP contribution in [-0.2, 0) is 4.79 Å². The summed E-state index contributed by atoms with van der Waals surface area (Å²) in [6.07, 6.45) is 0. The maximum absolute atomic E-state index is 12.0. The molecule has 0 aliphatic rings. The second-order valence-corrected chi connectivity index (χ2v) is 5.19. The van der Waals surface area contributed by atoms with Crippen LogP contribution in [0.1, 0.15) is 10.4 Å². The lowest BCUT2D eigenvalue weighted by Crippen LogP contribution is -2.33. The number of rotatable bonds is 5. The van der Waals surface area contributed by atoms with Gasteiger partial charge >= 0.3 is 6.03 Å². The molecule has 0 saturated carbocycles. The highest BCUT2D eigenvalue weighted by Gasteiger charge is 2.11. The van der Waals surface area contributed by atoms with Crippen LogP contribution >= 0.6 is 11.6 Å². The molecule has 0 bridgehead atoms. The molecule has 0 saturated heterocycles. The molecule has 4 amide bonds. The van der Waals surface area contributed by atoms with Crippen LogP contribution in [0, 0.1) is 0 Å². The molecule has 2 aromatic rings. The molecule has 0 aliphatic heterocycles. The third-order valence-electron chi connectivity index (χ3n) is 2.94. The molecule has 0 spiro atoms. The van der Waals surface area contributed by atoms with Gasteiger partial charge in [-0.05, 0) is 30.3 Å². The highest BCUT2D eigenvalue weighted by molar-refractivity contribution is 6.33. The molecule has 8 heteroatoms. The van der Waals surface area contributed by atoms with Crippen molar-refractivity contribution in [1.82, 2.24) is 5.32 Å². The predicted octanol–water partition coefficient (Wildman–Crippen LogP) is 2.20. The summed E-state index contributed by atoms with van der Waals surface area (Å²) in [4.78, 5) is 34.7. The van der Waals surface area contributed by atoms with Crippen LogP contribution < -0.4 is 21.7 Å². The molecule has 0 heterocycles. The van der Waals surface area contributed by atoms with Gasteiger partial charge in [-0.2, -0.15) is 0 Å². The molecule has 0 unspecified atom stereocenters. The van der Waals surface area contributed by atoms with Crippen LogP contribution in [0.2, 0.25) is 5.02 Å². The van der Waals surface area contributed by atoms with E-state index in [2.05, 4.69) is 16.0 Å². The van der Waals surface area contributed by atoms with Crippen molar-refractivity contribution in [2.45, 2.75) is 0 Å². The molecule has 24 heavy (non-hydrogen) atoms. The number of anilines is 2. The van der Waals surface area contributed by atoms with Gasteiger partial charge in [-0.1, -0.05) is 29.8 Å². The average molecular weight is 347 g/mol. The number of carbonyl (C=O) groups excluding carboxylic acids is 3. The maximum Gasteiger partial charge on any atom is 0.316 e. The minimum atomic E-state index is -0.703. The Morgan fingerprint density at radius 1 is 0.958 bits per heavy atom. The minimum Gasteiger partial charge on any atom is -0.351 e. The van der Waals surface area contributed by atoms with Gasteiger partial charge in [0, 0.05) is 11.4 Å². The Balaban J connectivity index is 1.91. The molecule has 0 atom stereocenters. The first-order valence-electron chi connectivity index (χ1n) is 6.95. The number of benzene rings is 2. The molecule has 7 nitrogen and oxygen atoms in total. The largest absolute Gasteiger partial charge is 0.351 e. The summed E-state index contributed by atoms with van der Waals surface area (Å²) in [5, 5.41) is 7.79. The zero-order valence-electron chi connectivity index (χ0n) is 12.5. The van der Waals surface area contributed by atoms with E-state index < -0.39 is 17.8 Å². The van der Waals surface area contributed by atoms with E-state index in [0.717, 1.165) is 0 Å². The minimum absolute atomic E-state index is 0.225. The molecular formula is C16H15ClN4O3. The number of nitrogens with one attached hydrogen (secondary N) is 3. The Morgan fingerprint density at radius 3 is 2.29 bits per heavy atom. The highest BCUT2D eigenvalue weighted by atomic mass is 35.5. The third-order valence-corrected chi connectivity index (χ3v) is 3.27. The second-order valence-electron chi connectivity index (χ2n) is 4.78. The quantitative estimate of drug-likeness (QED) is 0.665. The number of halogens is 1. The van der Waals surface area contributed by atoms with Gasteiger partial charge in [0.25, 0.3) is 5.91 Å². The maximum atomic E-state index is 12.0. The Bertz CT molecular complexity index is 779. The summed E-state index contributed by atoms with van der Waals surface area (Å²) in [6, 6.07) is 12.3. The van der Waals surface area contributed by atoms with Crippen molar-refractivity contribution in [2.75, 3.05) is 17.2 Å². The van der Waals surface area contributed by atoms with Gasteiger partial charge in [-0.3, -0.25) is 9.59 Å². The first kappa shape index (κ1) is 17.3. The SMILES string of the molecule is NC(=O)Nc1cccc(NC(=O)CNC(=O)c2ccccc2Cl)c1. The normalized spacial score (nSPS) is 9.88. The summed E-state index contributed by atoms with van der Waals surface area (Å²) in [7, 11) is 0. The predicted molar refractivity (Wildman–Crippen MR) is 92.1 cm³/mol. The summed E-state index contributed by atoms with van der Waals surface area (Å²) in [5.41, 5.74) is 6.22. The van der Waals surface area contributed by atoms with Crippen LogP contribution in [0.3, 0.4) is 0 Å². The highest BCUT2D eigenvalue weighted by Crippen LogP contribution is 2.15. The number of carbonyl (C=O) groups is 3. The molecule has 0 aromatic heterocycles. The molecule has 5 N–H and O–H groups in total. The fourth-order valence-electron chi connectivity index (χ4n) is 1.92. The standard InChI is InChI=1S/C16H15ClN4O3/c17-13-7-2-1-6-12(13)15(23)19-9-14(22)20-10-4-3-5-11(8-10)21-16(18)24/h1-8H,9H2,(H,19,23)(H,20,22)(H3,18,21,24). The molecule has 0 radical (unpaired) electrons. The van der Waals surface area contributed by atoms with E-state index in [4.69, 9.17) is 17.3 Å². The van der Waals surface area contributed by atoms with Gasteiger partial charge in [0.15, 0.2) is 0 Å². The van der Waals surface area contributed by atoms with Gasteiger partial charge < -0.3 is 21.7 Å². The van der Waals surface area contributed by atoms with Crippen molar-refractivity contribution in [3.05, 3.63) is 59.1 Å². The van der Waals surface area contributed by atoms with Crippen LogP contribution in [0.5, 0.6) is 0 Å². The smallest absolute Gasteiger partial charge is 0.316 e. The zero-order valence-corrected chi connectivity index (χ0v) is 13.3. The number of amides is 4. The summed E-state index contributed by atoms with van der Waals surface area (Å²) in [6.45, 7) is -0.225. The lowest BCUT2D eigenvalue weighted by molar-refractivity contribution is -0.115.